The summed E-state index contributed by atoms with van der Waals surface area (Å²) in [5.41, 5.74) is 3.07. The number of halogens is 2. The molecule has 0 saturated carbocycles. The molecule has 1 nitrogen and oxygen atoms in total. The van der Waals surface area contributed by atoms with E-state index in [-0.39, 0.29) is 23.6 Å². The fraction of sp³-hybridized carbons (Fsp3) is 0.333. The Bertz CT molecular complexity index is 639. The lowest BCUT2D eigenvalue weighted by molar-refractivity contribution is 0.388. The van der Waals surface area contributed by atoms with Crippen molar-refractivity contribution in [2.75, 3.05) is 6.54 Å². The molecular formula is C18H19F2N. The second kappa shape index (κ2) is 5.94. The van der Waals surface area contributed by atoms with Crippen molar-refractivity contribution >= 4 is 0 Å². The average Bonchev–Trinajstić information content (AvgIpc) is 2.81. The molecule has 2 unspecified atom stereocenters. The number of nitrogens with one attached hydrogen (secondary N) is 1. The SMILES string of the molecule is CCNC1c2ccccc2CC1Cc1cc(F)ccc1F. The first-order valence-electron chi connectivity index (χ1n) is 7.44. The standard InChI is InChI=1S/C18H19F2N/c1-2-21-18-14(9-12-5-3-4-6-16(12)18)10-13-11-15(19)7-8-17(13)20/h3-8,11,14,18,21H,2,9-10H2,1H3. The van der Waals surface area contributed by atoms with Crippen LogP contribution in [0.15, 0.2) is 42.5 Å². The molecule has 3 heteroatoms. The van der Waals surface area contributed by atoms with E-state index in [0.29, 0.717) is 12.0 Å². The van der Waals surface area contributed by atoms with E-state index in [0.717, 1.165) is 13.0 Å². The Balaban J connectivity index is 1.87. The second-order valence-corrected chi connectivity index (χ2v) is 5.64. The number of fused-ring (bicyclic) bond motifs is 1. The summed E-state index contributed by atoms with van der Waals surface area (Å²) in [5.74, 6) is -0.428. The van der Waals surface area contributed by atoms with Crippen LogP contribution in [0.2, 0.25) is 0 Å². The maximum Gasteiger partial charge on any atom is 0.126 e. The smallest absolute Gasteiger partial charge is 0.126 e. The Morgan fingerprint density at radius 2 is 1.95 bits per heavy atom. The summed E-state index contributed by atoms with van der Waals surface area (Å²) in [7, 11) is 0. The van der Waals surface area contributed by atoms with Gasteiger partial charge >= 0.3 is 0 Å². The molecule has 21 heavy (non-hydrogen) atoms. The van der Waals surface area contributed by atoms with E-state index in [1.54, 1.807) is 0 Å². The average molecular weight is 287 g/mol. The van der Waals surface area contributed by atoms with Crippen molar-refractivity contribution in [3.8, 4) is 0 Å². The molecule has 0 spiro atoms. The number of hydrogen-bond acceptors (Lipinski definition) is 1. The third-order valence-electron chi connectivity index (χ3n) is 4.26. The Kier molecular flexibility index (Phi) is 4.02. The van der Waals surface area contributed by atoms with Gasteiger partial charge in [-0.25, -0.2) is 8.78 Å². The zero-order valence-corrected chi connectivity index (χ0v) is 12.1. The van der Waals surface area contributed by atoms with Crippen molar-refractivity contribution < 1.29 is 8.78 Å². The lowest BCUT2D eigenvalue weighted by Gasteiger charge is -2.21. The van der Waals surface area contributed by atoms with Crippen LogP contribution in [0.1, 0.15) is 29.7 Å². The fourth-order valence-corrected chi connectivity index (χ4v) is 3.35. The van der Waals surface area contributed by atoms with Gasteiger partial charge in [-0.3, -0.25) is 0 Å². The molecule has 0 aliphatic heterocycles. The molecule has 0 fully saturated rings. The minimum Gasteiger partial charge on any atom is -0.310 e. The molecule has 110 valence electrons. The largest absolute Gasteiger partial charge is 0.310 e. The van der Waals surface area contributed by atoms with Crippen LogP contribution in [0.25, 0.3) is 0 Å². The molecule has 0 radical (unpaired) electrons. The normalized spacial score (nSPS) is 20.5. The zero-order valence-electron chi connectivity index (χ0n) is 12.1. The number of benzene rings is 2. The van der Waals surface area contributed by atoms with Crippen LogP contribution in [0.5, 0.6) is 0 Å². The van der Waals surface area contributed by atoms with Gasteiger partial charge in [0.25, 0.3) is 0 Å². The molecule has 2 aromatic carbocycles. The van der Waals surface area contributed by atoms with E-state index < -0.39 is 0 Å². The number of rotatable bonds is 4. The minimum absolute atomic E-state index is 0.217. The fourth-order valence-electron chi connectivity index (χ4n) is 3.35. The van der Waals surface area contributed by atoms with Crippen molar-refractivity contribution in [2.45, 2.75) is 25.8 Å². The number of hydrogen-bond donors (Lipinski definition) is 1. The van der Waals surface area contributed by atoms with Gasteiger partial charge in [0.15, 0.2) is 0 Å². The van der Waals surface area contributed by atoms with E-state index >= 15 is 0 Å². The molecule has 0 saturated heterocycles. The Hall–Kier alpha value is -1.74. The quantitative estimate of drug-likeness (QED) is 0.895. The molecule has 2 aromatic rings. The highest BCUT2D eigenvalue weighted by atomic mass is 19.1. The van der Waals surface area contributed by atoms with Crippen molar-refractivity contribution in [1.29, 1.82) is 0 Å². The van der Waals surface area contributed by atoms with E-state index in [4.69, 9.17) is 0 Å². The Morgan fingerprint density at radius 3 is 2.76 bits per heavy atom. The summed E-state index contributed by atoms with van der Waals surface area (Å²) in [4.78, 5) is 0. The molecule has 0 bridgehead atoms. The van der Waals surface area contributed by atoms with Gasteiger partial charge < -0.3 is 5.32 Å². The van der Waals surface area contributed by atoms with E-state index in [9.17, 15) is 8.78 Å². The monoisotopic (exact) mass is 287 g/mol. The van der Waals surface area contributed by atoms with Crippen LogP contribution in [0.4, 0.5) is 8.78 Å². The van der Waals surface area contributed by atoms with E-state index in [2.05, 4.69) is 24.4 Å². The van der Waals surface area contributed by atoms with E-state index in [1.165, 1.54) is 29.3 Å². The molecule has 1 aliphatic rings. The molecule has 1 aliphatic carbocycles. The summed E-state index contributed by atoms with van der Waals surface area (Å²) in [6.07, 6.45) is 1.46. The molecule has 0 aromatic heterocycles. The third kappa shape index (κ3) is 2.84. The second-order valence-electron chi connectivity index (χ2n) is 5.64. The van der Waals surface area contributed by atoms with Gasteiger partial charge in [-0.1, -0.05) is 31.2 Å². The van der Waals surface area contributed by atoms with Gasteiger partial charge in [0.05, 0.1) is 0 Å². The van der Waals surface area contributed by atoms with E-state index in [1.807, 2.05) is 12.1 Å². The van der Waals surface area contributed by atoms with Gasteiger partial charge in [0.2, 0.25) is 0 Å². The van der Waals surface area contributed by atoms with Crippen LogP contribution in [0.3, 0.4) is 0 Å². The molecule has 0 heterocycles. The van der Waals surface area contributed by atoms with Crippen LogP contribution in [-0.4, -0.2) is 6.54 Å². The first-order chi connectivity index (χ1) is 10.2. The van der Waals surface area contributed by atoms with Crippen molar-refractivity contribution in [1.82, 2.24) is 5.32 Å². The first-order valence-corrected chi connectivity index (χ1v) is 7.44. The zero-order chi connectivity index (χ0) is 14.8. The van der Waals surface area contributed by atoms with Crippen LogP contribution >= 0.6 is 0 Å². The molecule has 0 amide bonds. The highest BCUT2D eigenvalue weighted by Gasteiger charge is 2.32. The highest BCUT2D eigenvalue weighted by Crippen LogP contribution is 2.38. The van der Waals surface area contributed by atoms with Crippen LogP contribution in [0, 0.1) is 17.6 Å². The summed E-state index contributed by atoms with van der Waals surface area (Å²) < 4.78 is 27.2. The van der Waals surface area contributed by atoms with Crippen LogP contribution in [-0.2, 0) is 12.8 Å². The topological polar surface area (TPSA) is 12.0 Å². The van der Waals surface area contributed by atoms with Gasteiger partial charge in [0.1, 0.15) is 11.6 Å². The van der Waals surface area contributed by atoms with Gasteiger partial charge in [-0.2, -0.15) is 0 Å². The lowest BCUT2D eigenvalue weighted by atomic mass is 9.92. The Labute approximate surface area is 124 Å². The summed E-state index contributed by atoms with van der Waals surface area (Å²) in [6, 6.07) is 12.3. The molecule has 1 N–H and O–H groups in total. The maximum atomic E-state index is 13.9. The van der Waals surface area contributed by atoms with Gasteiger partial charge in [0, 0.05) is 6.04 Å². The van der Waals surface area contributed by atoms with Crippen LogP contribution < -0.4 is 5.32 Å². The molecular weight excluding hydrogens is 268 g/mol. The van der Waals surface area contributed by atoms with Gasteiger partial charge in [-0.15, -0.1) is 0 Å². The van der Waals surface area contributed by atoms with Crippen molar-refractivity contribution in [3.63, 3.8) is 0 Å². The predicted octanol–water partition coefficient (Wildman–Crippen LogP) is 4.03. The maximum absolute atomic E-state index is 13.9. The first kappa shape index (κ1) is 14.2. The summed E-state index contributed by atoms with van der Waals surface area (Å²) in [5, 5.41) is 3.49. The van der Waals surface area contributed by atoms with Crippen molar-refractivity contribution in [3.05, 3.63) is 70.8 Å². The predicted molar refractivity (Wildman–Crippen MR) is 80.1 cm³/mol. The Morgan fingerprint density at radius 1 is 1.14 bits per heavy atom. The van der Waals surface area contributed by atoms with Crippen molar-refractivity contribution in [2.24, 2.45) is 5.92 Å². The molecule has 2 atom stereocenters. The summed E-state index contributed by atoms with van der Waals surface area (Å²) >= 11 is 0. The van der Waals surface area contributed by atoms with Gasteiger partial charge in [-0.05, 0) is 60.2 Å². The molecule has 3 rings (SSSR count). The lowest BCUT2D eigenvalue weighted by Crippen LogP contribution is -2.26. The summed E-state index contributed by atoms with van der Waals surface area (Å²) in [6.45, 7) is 2.93. The highest BCUT2D eigenvalue weighted by molar-refractivity contribution is 5.36. The third-order valence-corrected chi connectivity index (χ3v) is 4.26. The minimum atomic E-state index is -0.373.